The summed E-state index contributed by atoms with van der Waals surface area (Å²) in [7, 11) is 0. The molecule has 0 heterocycles. The highest BCUT2D eigenvalue weighted by Crippen LogP contribution is 2.20. The van der Waals surface area contributed by atoms with Gasteiger partial charge in [0.05, 0.1) is 0 Å². The van der Waals surface area contributed by atoms with E-state index < -0.39 is 0 Å². The van der Waals surface area contributed by atoms with Gasteiger partial charge in [-0.15, -0.1) is 0 Å². The van der Waals surface area contributed by atoms with Crippen LogP contribution in [0.5, 0.6) is 0 Å². The van der Waals surface area contributed by atoms with E-state index >= 15 is 0 Å². The molecule has 0 amide bonds. The summed E-state index contributed by atoms with van der Waals surface area (Å²) in [4.78, 5) is 12.3. The lowest BCUT2D eigenvalue weighted by atomic mass is 9.99. The van der Waals surface area contributed by atoms with Crippen LogP contribution in [0.1, 0.15) is 21.5 Å². The quantitative estimate of drug-likeness (QED) is 0.738. The number of benzene rings is 2. The largest absolute Gasteiger partial charge is 0.289 e. The maximum absolute atomic E-state index is 12.3. The Labute approximate surface area is 114 Å². The summed E-state index contributed by atoms with van der Waals surface area (Å²) in [5.74, 6) is -0.00231. The van der Waals surface area contributed by atoms with Gasteiger partial charge in [-0.25, -0.2) is 0 Å². The van der Waals surface area contributed by atoms with Crippen LogP contribution in [-0.2, 0) is 0 Å². The zero-order valence-corrected chi connectivity index (χ0v) is 11.5. The molecule has 0 aliphatic heterocycles. The molecule has 2 aromatic carbocycles. The summed E-state index contributed by atoms with van der Waals surface area (Å²) in [5, 5.41) is 0.575. The molecule has 2 aromatic rings. The summed E-state index contributed by atoms with van der Waals surface area (Å²) in [6.45, 7) is 1.92. The molecule has 0 radical (unpaired) electrons. The lowest BCUT2D eigenvalue weighted by molar-refractivity contribution is 0.103. The predicted molar refractivity (Wildman–Crippen MR) is 73.8 cm³/mol. The number of carbonyl (C=O) groups is 1. The maximum Gasteiger partial charge on any atom is 0.193 e. The van der Waals surface area contributed by atoms with Crippen molar-refractivity contribution < 1.29 is 4.79 Å². The molecular formula is C14H10BrClO. The highest BCUT2D eigenvalue weighted by Gasteiger charge is 2.11. The first-order valence-electron chi connectivity index (χ1n) is 5.14. The van der Waals surface area contributed by atoms with Gasteiger partial charge in [-0.1, -0.05) is 39.7 Å². The van der Waals surface area contributed by atoms with Gasteiger partial charge in [0, 0.05) is 20.6 Å². The smallest absolute Gasteiger partial charge is 0.193 e. The fourth-order valence-electron chi connectivity index (χ4n) is 1.67. The summed E-state index contributed by atoms with van der Waals surface area (Å²) in [5.41, 5.74) is 2.27. The van der Waals surface area contributed by atoms with Crippen LogP contribution in [0.4, 0.5) is 0 Å². The Balaban J connectivity index is 2.44. The molecule has 0 saturated heterocycles. The molecule has 0 fully saturated rings. The Hall–Kier alpha value is -1.12. The lowest BCUT2D eigenvalue weighted by Crippen LogP contribution is -2.03. The summed E-state index contributed by atoms with van der Waals surface area (Å²) >= 11 is 9.26. The van der Waals surface area contributed by atoms with Crippen LogP contribution < -0.4 is 0 Å². The third kappa shape index (κ3) is 2.76. The first-order chi connectivity index (χ1) is 8.08. The second kappa shape index (κ2) is 5.03. The normalized spacial score (nSPS) is 10.3. The number of ketones is 1. The van der Waals surface area contributed by atoms with E-state index in [9.17, 15) is 4.79 Å². The average Bonchev–Trinajstić information content (AvgIpc) is 2.28. The molecule has 0 bridgehead atoms. The first-order valence-corrected chi connectivity index (χ1v) is 6.31. The van der Waals surface area contributed by atoms with Gasteiger partial charge in [0.15, 0.2) is 5.78 Å². The third-order valence-corrected chi connectivity index (χ3v) is 3.25. The third-order valence-electron chi connectivity index (χ3n) is 2.52. The topological polar surface area (TPSA) is 17.1 Å². The van der Waals surface area contributed by atoms with Crippen molar-refractivity contribution >= 4 is 33.3 Å². The molecule has 17 heavy (non-hydrogen) atoms. The van der Waals surface area contributed by atoms with E-state index in [0.29, 0.717) is 16.1 Å². The number of rotatable bonds is 2. The van der Waals surface area contributed by atoms with E-state index in [1.165, 1.54) is 0 Å². The molecular weight excluding hydrogens is 300 g/mol. The highest BCUT2D eigenvalue weighted by atomic mass is 79.9. The van der Waals surface area contributed by atoms with Crippen LogP contribution in [0.3, 0.4) is 0 Å². The molecule has 0 N–H and O–H groups in total. The molecule has 0 aliphatic carbocycles. The Morgan fingerprint density at radius 3 is 2.59 bits per heavy atom. The maximum atomic E-state index is 12.3. The first kappa shape index (κ1) is 12.3. The molecule has 0 unspecified atom stereocenters. The zero-order valence-electron chi connectivity index (χ0n) is 9.21. The van der Waals surface area contributed by atoms with Gasteiger partial charge in [0.25, 0.3) is 0 Å². The van der Waals surface area contributed by atoms with E-state index in [0.717, 1.165) is 10.0 Å². The standard InChI is InChI=1S/C14H10BrClO/c1-9-7-11(15)5-6-13(9)14(17)10-3-2-4-12(16)8-10/h2-8H,1H3. The van der Waals surface area contributed by atoms with E-state index in [-0.39, 0.29) is 5.78 Å². The van der Waals surface area contributed by atoms with E-state index in [1.54, 1.807) is 24.3 Å². The number of halogens is 2. The second-order valence-electron chi connectivity index (χ2n) is 3.80. The average molecular weight is 310 g/mol. The Bertz CT molecular complexity index is 578. The Morgan fingerprint density at radius 2 is 1.94 bits per heavy atom. The summed E-state index contributed by atoms with van der Waals surface area (Å²) < 4.78 is 0.970. The van der Waals surface area contributed by atoms with Crippen molar-refractivity contribution in [3.8, 4) is 0 Å². The van der Waals surface area contributed by atoms with E-state index in [4.69, 9.17) is 11.6 Å². The molecule has 86 valence electrons. The fraction of sp³-hybridized carbons (Fsp3) is 0.0714. The van der Waals surface area contributed by atoms with E-state index in [2.05, 4.69) is 15.9 Å². The molecule has 0 aromatic heterocycles. The fourth-order valence-corrected chi connectivity index (χ4v) is 2.33. The van der Waals surface area contributed by atoms with Crippen molar-refractivity contribution in [1.29, 1.82) is 0 Å². The van der Waals surface area contributed by atoms with Gasteiger partial charge in [-0.2, -0.15) is 0 Å². The monoisotopic (exact) mass is 308 g/mol. The van der Waals surface area contributed by atoms with Crippen molar-refractivity contribution in [2.45, 2.75) is 6.92 Å². The molecule has 3 heteroatoms. The minimum atomic E-state index is -0.00231. The van der Waals surface area contributed by atoms with Crippen molar-refractivity contribution in [1.82, 2.24) is 0 Å². The Kier molecular flexibility index (Phi) is 3.65. The molecule has 0 aliphatic rings. The zero-order chi connectivity index (χ0) is 12.4. The lowest BCUT2D eigenvalue weighted by Gasteiger charge is -2.05. The van der Waals surface area contributed by atoms with Crippen LogP contribution in [0.15, 0.2) is 46.9 Å². The highest BCUT2D eigenvalue weighted by molar-refractivity contribution is 9.10. The molecule has 0 saturated carbocycles. The van der Waals surface area contributed by atoms with Crippen molar-refractivity contribution in [3.63, 3.8) is 0 Å². The van der Waals surface area contributed by atoms with Gasteiger partial charge < -0.3 is 0 Å². The van der Waals surface area contributed by atoms with Gasteiger partial charge in [0.2, 0.25) is 0 Å². The van der Waals surface area contributed by atoms with E-state index in [1.807, 2.05) is 25.1 Å². The van der Waals surface area contributed by atoms with Crippen LogP contribution in [-0.4, -0.2) is 5.78 Å². The van der Waals surface area contributed by atoms with Gasteiger partial charge in [-0.05, 0) is 42.8 Å². The molecule has 2 rings (SSSR count). The van der Waals surface area contributed by atoms with Crippen molar-refractivity contribution in [2.24, 2.45) is 0 Å². The van der Waals surface area contributed by atoms with Crippen LogP contribution in [0.25, 0.3) is 0 Å². The van der Waals surface area contributed by atoms with Crippen LogP contribution >= 0.6 is 27.5 Å². The van der Waals surface area contributed by atoms with Crippen molar-refractivity contribution in [2.75, 3.05) is 0 Å². The minimum Gasteiger partial charge on any atom is -0.289 e. The van der Waals surface area contributed by atoms with Crippen molar-refractivity contribution in [3.05, 3.63) is 68.7 Å². The number of aryl methyl sites for hydroxylation is 1. The summed E-state index contributed by atoms with van der Waals surface area (Å²) in [6.07, 6.45) is 0. The molecule has 1 nitrogen and oxygen atoms in total. The van der Waals surface area contributed by atoms with Gasteiger partial charge in [-0.3, -0.25) is 4.79 Å². The van der Waals surface area contributed by atoms with Crippen LogP contribution in [0.2, 0.25) is 5.02 Å². The van der Waals surface area contributed by atoms with Gasteiger partial charge in [0.1, 0.15) is 0 Å². The van der Waals surface area contributed by atoms with Crippen LogP contribution in [0, 0.1) is 6.92 Å². The number of carbonyl (C=O) groups excluding carboxylic acids is 1. The molecule has 0 spiro atoms. The number of hydrogen-bond acceptors (Lipinski definition) is 1. The van der Waals surface area contributed by atoms with Gasteiger partial charge >= 0.3 is 0 Å². The summed E-state index contributed by atoms with van der Waals surface area (Å²) in [6, 6.07) is 12.6. The molecule has 0 atom stereocenters. The predicted octanol–water partition coefficient (Wildman–Crippen LogP) is 4.64. The number of hydrogen-bond donors (Lipinski definition) is 0. The minimum absolute atomic E-state index is 0.00231. The SMILES string of the molecule is Cc1cc(Br)ccc1C(=O)c1cccc(Cl)c1. The Morgan fingerprint density at radius 1 is 1.18 bits per heavy atom. The second-order valence-corrected chi connectivity index (χ2v) is 5.15.